The van der Waals surface area contributed by atoms with Crippen LogP contribution in [0.4, 0.5) is 0 Å². The summed E-state index contributed by atoms with van der Waals surface area (Å²) in [6.45, 7) is 3.97. The Hall–Kier alpha value is -0.860. The van der Waals surface area contributed by atoms with Gasteiger partial charge in [0.05, 0.1) is 7.11 Å². The van der Waals surface area contributed by atoms with Crippen LogP contribution in [0, 0.1) is 5.92 Å². The molecule has 0 aliphatic heterocycles. The molecule has 14 heavy (non-hydrogen) atoms. The topological polar surface area (TPSA) is 43.4 Å². The van der Waals surface area contributed by atoms with Gasteiger partial charge in [0.1, 0.15) is 5.78 Å². The van der Waals surface area contributed by atoms with Crippen LogP contribution in [0.15, 0.2) is 0 Å². The fraction of sp³-hybridized carbons (Fsp3) is 0.818. The maximum Gasteiger partial charge on any atom is 0.305 e. The number of methoxy groups -OCH3 is 1. The molecule has 0 spiro atoms. The summed E-state index contributed by atoms with van der Waals surface area (Å²) in [5, 5.41) is 0. The molecule has 0 bridgehead atoms. The van der Waals surface area contributed by atoms with Gasteiger partial charge in [0.25, 0.3) is 0 Å². The summed E-state index contributed by atoms with van der Waals surface area (Å²) in [4.78, 5) is 22.4. The standard InChI is InChI=1S/C11H20O3/c1-4-6-10(12)9(5-2)7-8-11(13)14-3/h9H,4-8H2,1-3H3. The van der Waals surface area contributed by atoms with E-state index in [1.165, 1.54) is 7.11 Å². The summed E-state index contributed by atoms with van der Waals surface area (Å²) < 4.78 is 4.53. The van der Waals surface area contributed by atoms with E-state index in [1.54, 1.807) is 0 Å². The maximum absolute atomic E-state index is 11.5. The molecule has 1 unspecified atom stereocenters. The molecule has 0 aromatic rings. The first-order valence-electron chi connectivity index (χ1n) is 5.25. The number of ether oxygens (including phenoxy) is 1. The Morgan fingerprint density at radius 1 is 1.21 bits per heavy atom. The van der Waals surface area contributed by atoms with Crippen molar-refractivity contribution < 1.29 is 14.3 Å². The van der Waals surface area contributed by atoms with Gasteiger partial charge in [-0.1, -0.05) is 13.8 Å². The molecule has 0 N–H and O–H groups in total. The van der Waals surface area contributed by atoms with Crippen LogP contribution in [0.3, 0.4) is 0 Å². The molecule has 1 atom stereocenters. The fourth-order valence-corrected chi connectivity index (χ4v) is 1.44. The lowest BCUT2D eigenvalue weighted by molar-refractivity contribution is -0.141. The van der Waals surface area contributed by atoms with Crippen LogP contribution in [0.25, 0.3) is 0 Å². The van der Waals surface area contributed by atoms with Crippen LogP contribution in [0.5, 0.6) is 0 Å². The van der Waals surface area contributed by atoms with Crippen LogP contribution < -0.4 is 0 Å². The Bertz CT molecular complexity index is 187. The molecule has 0 aliphatic rings. The van der Waals surface area contributed by atoms with Gasteiger partial charge in [-0.25, -0.2) is 0 Å². The summed E-state index contributed by atoms with van der Waals surface area (Å²) in [6.07, 6.45) is 3.30. The number of hydrogen-bond acceptors (Lipinski definition) is 3. The zero-order valence-electron chi connectivity index (χ0n) is 9.34. The third-order valence-electron chi connectivity index (χ3n) is 2.37. The highest BCUT2D eigenvalue weighted by Gasteiger charge is 2.16. The minimum atomic E-state index is -0.229. The molecule has 0 aromatic heterocycles. The van der Waals surface area contributed by atoms with Gasteiger partial charge in [0, 0.05) is 18.8 Å². The van der Waals surface area contributed by atoms with Crippen LogP contribution in [0.1, 0.15) is 46.0 Å². The summed E-state index contributed by atoms with van der Waals surface area (Å²) in [5.74, 6) is 0.0840. The van der Waals surface area contributed by atoms with E-state index in [2.05, 4.69) is 4.74 Å². The van der Waals surface area contributed by atoms with E-state index in [9.17, 15) is 9.59 Å². The highest BCUT2D eigenvalue weighted by molar-refractivity contribution is 5.81. The van der Waals surface area contributed by atoms with Crippen molar-refractivity contribution in [2.45, 2.75) is 46.0 Å². The monoisotopic (exact) mass is 200 g/mol. The quantitative estimate of drug-likeness (QED) is 0.592. The maximum atomic E-state index is 11.5. The molecule has 0 heterocycles. The molecule has 0 aliphatic carbocycles. The zero-order chi connectivity index (χ0) is 11.0. The van der Waals surface area contributed by atoms with Gasteiger partial charge in [-0.2, -0.15) is 0 Å². The van der Waals surface area contributed by atoms with Gasteiger partial charge in [0.15, 0.2) is 0 Å². The predicted molar refractivity (Wildman–Crippen MR) is 54.9 cm³/mol. The smallest absolute Gasteiger partial charge is 0.305 e. The molecule has 0 rings (SSSR count). The molecule has 0 aromatic carbocycles. The predicted octanol–water partition coefficient (Wildman–Crippen LogP) is 2.33. The van der Waals surface area contributed by atoms with E-state index in [-0.39, 0.29) is 17.7 Å². The van der Waals surface area contributed by atoms with Crippen molar-refractivity contribution in [3.8, 4) is 0 Å². The molecule has 3 heteroatoms. The Morgan fingerprint density at radius 2 is 1.86 bits per heavy atom. The summed E-state index contributed by atoms with van der Waals surface area (Å²) >= 11 is 0. The van der Waals surface area contributed by atoms with E-state index in [1.807, 2.05) is 13.8 Å². The molecule has 0 saturated carbocycles. The molecule has 0 fully saturated rings. The molecular formula is C11H20O3. The van der Waals surface area contributed by atoms with E-state index in [0.29, 0.717) is 19.3 Å². The number of hydrogen-bond donors (Lipinski definition) is 0. The van der Waals surface area contributed by atoms with Gasteiger partial charge in [0.2, 0.25) is 0 Å². The molecule has 0 amide bonds. The molecule has 0 radical (unpaired) electrons. The summed E-state index contributed by atoms with van der Waals surface area (Å²) in [7, 11) is 1.37. The average molecular weight is 200 g/mol. The van der Waals surface area contributed by atoms with Crippen molar-refractivity contribution in [1.29, 1.82) is 0 Å². The Morgan fingerprint density at radius 3 is 2.29 bits per heavy atom. The van der Waals surface area contributed by atoms with Gasteiger partial charge in [-0.3, -0.25) is 9.59 Å². The number of esters is 1. The number of carbonyl (C=O) groups is 2. The van der Waals surface area contributed by atoms with Gasteiger partial charge in [-0.05, 0) is 19.3 Å². The Kier molecular flexibility index (Phi) is 7.07. The van der Waals surface area contributed by atoms with Crippen molar-refractivity contribution >= 4 is 11.8 Å². The third kappa shape index (κ3) is 5.00. The van der Waals surface area contributed by atoms with Crippen molar-refractivity contribution in [3.63, 3.8) is 0 Å². The highest BCUT2D eigenvalue weighted by Crippen LogP contribution is 2.15. The molecule has 0 saturated heterocycles. The molecular weight excluding hydrogens is 180 g/mol. The fourth-order valence-electron chi connectivity index (χ4n) is 1.44. The minimum Gasteiger partial charge on any atom is -0.469 e. The minimum absolute atomic E-state index is 0.0362. The van der Waals surface area contributed by atoms with Crippen LogP contribution in [-0.4, -0.2) is 18.9 Å². The molecule has 82 valence electrons. The van der Waals surface area contributed by atoms with Crippen molar-refractivity contribution in [2.75, 3.05) is 7.11 Å². The van der Waals surface area contributed by atoms with Crippen molar-refractivity contribution in [2.24, 2.45) is 5.92 Å². The second-order valence-electron chi connectivity index (χ2n) is 3.44. The van der Waals surface area contributed by atoms with Crippen LogP contribution in [0.2, 0.25) is 0 Å². The first kappa shape index (κ1) is 13.1. The van der Waals surface area contributed by atoms with E-state index in [0.717, 1.165) is 12.8 Å². The first-order chi connectivity index (χ1) is 6.65. The second-order valence-corrected chi connectivity index (χ2v) is 3.44. The van der Waals surface area contributed by atoms with Gasteiger partial charge < -0.3 is 4.74 Å². The van der Waals surface area contributed by atoms with Gasteiger partial charge in [-0.15, -0.1) is 0 Å². The first-order valence-corrected chi connectivity index (χ1v) is 5.25. The lowest BCUT2D eigenvalue weighted by Gasteiger charge is -2.11. The lowest BCUT2D eigenvalue weighted by Crippen LogP contribution is -2.15. The molecule has 3 nitrogen and oxygen atoms in total. The second kappa shape index (κ2) is 7.54. The van der Waals surface area contributed by atoms with Crippen LogP contribution >= 0.6 is 0 Å². The largest absolute Gasteiger partial charge is 0.469 e. The van der Waals surface area contributed by atoms with Crippen LogP contribution in [-0.2, 0) is 14.3 Å². The average Bonchev–Trinajstić information content (AvgIpc) is 2.18. The Balaban J connectivity index is 3.90. The SMILES string of the molecule is CCCC(=O)C(CC)CCC(=O)OC. The summed E-state index contributed by atoms with van der Waals surface area (Å²) in [5.41, 5.74) is 0. The van der Waals surface area contributed by atoms with Crippen molar-refractivity contribution in [1.82, 2.24) is 0 Å². The highest BCUT2D eigenvalue weighted by atomic mass is 16.5. The van der Waals surface area contributed by atoms with Crippen molar-refractivity contribution in [3.05, 3.63) is 0 Å². The zero-order valence-corrected chi connectivity index (χ0v) is 9.34. The Labute approximate surface area is 85.8 Å². The van der Waals surface area contributed by atoms with Gasteiger partial charge >= 0.3 is 5.97 Å². The normalized spacial score (nSPS) is 12.2. The number of rotatable bonds is 7. The van der Waals surface area contributed by atoms with E-state index < -0.39 is 0 Å². The lowest BCUT2D eigenvalue weighted by atomic mass is 9.93. The number of Topliss-reactive ketones (excluding diaryl/α,β-unsaturated/α-hetero) is 1. The summed E-state index contributed by atoms with van der Waals surface area (Å²) in [6, 6.07) is 0. The number of carbonyl (C=O) groups excluding carboxylic acids is 2. The van der Waals surface area contributed by atoms with E-state index >= 15 is 0 Å². The van der Waals surface area contributed by atoms with E-state index in [4.69, 9.17) is 0 Å². The number of ketones is 1. The third-order valence-corrected chi connectivity index (χ3v) is 2.37.